The van der Waals surface area contributed by atoms with E-state index < -0.39 is 6.10 Å². The molecule has 0 saturated carbocycles. The molecule has 4 rings (SSSR count). The molecule has 24 heavy (non-hydrogen) atoms. The summed E-state index contributed by atoms with van der Waals surface area (Å²) >= 11 is 0. The lowest BCUT2D eigenvalue weighted by Crippen LogP contribution is -2.46. The molecule has 0 spiro atoms. The van der Waals surface area contributed by atoms with Crippen molar-refractivity contribution in [3.8, 4) is 11.5 Å². The molecule has 5 nitrogen and oxygen atoms in total. The van der Waals surface area contributed by atoms with Gasteiger partial charge in [0.15, 0.2) is 11.5 Å². The summed E-state index contributed by atoms with van der Waals surface area (Å²) < 4.78 is 11.2. The Hall–Kier alpha value is -2.53. The number of likely N-dealkylation sites (tertiary alicyclic amines) is 1. The Morgan fingerprint density at radius 3 is 2.21 bits per heavy atom. The van der Waals surface area contributed by atoms with Crippen LogP contribution in [0.3, 0.4) is 0 Å². The van der Waals surface area contributed by atoms with E-state index in [9.17, 15) is 4.79 Å². The lowest BCUT2D eigenvalue weighted by molar-refractivity contribution is -0.140. The average Bonchev–Trinajstić information content (AvgIpc) is 3.09. The van der Waals surface area contributed by atoms with Crippen molar-refractivity contribution in [2.24, 2.45) is 5.73 Å². The predicted octanol–water partition coefficient (Wildman–Crippen LogP) is 2.07. The number of para-hydroxylation sites is 2. The number of carbonyl (C=O) groups is 1. The van der Waals surface area contributed by atoms with E-state index in [2.05, 4.69) is 0 Å². The summed E-state index contributed by atoms with van der Waals surface area (Å²) in [4.78, 5) is 14.0. The van der Waals surface area contributed by atoms with Gasteiger partial charge in [-0.25, -0.2) is 0 Å². The van der Waals surface area contributed by atoms with Crippen LogP contribution in [0.1, 0.15) is 6.42 Å². The molecule has 0 bridgehead atoms. The summed E-state index contributed by atoms with van der Waals surface area (Å²) in [7, 11) is 0. The molecule has 5 heteroatoms. The van der Waals surface area contributed by atoms with Crippen LogP contribution in [0.2, 0.25) is 0 Å². The van der Waals surface area contributed by atoms with Gasteiger partial charge in [0.25, 0.3) is 5.91 Å². The highest BCUT2D eigenvalue weighted by atomic mass is 16.6. The maximum absolute atomic E-state index is 12.2. The Morgan fingerprint density at radius 2 is 1.62 bits per heavy atom. The second kappa shape index (κ2) is 7.84. The van der Waals surface area contributed by atoms with Crippen LogP contribution in [0.4, 0.5) is 0 Å². The summed E-state index contributed by atoms with van der Waals surface area (Å²) in [5, 5.41) is 0. The lowest BCUT2D eigenvalue weighted by Gasteiger charge is -2.28. The monoisotopic (exact) mass is 326 g/mol. The Balaban J connectivity index is 0.000000238. The van der Waals surface area contributed by atoms with Gasteiger partial charge in [0.05, 0.1) is 0 Å². The minimum absolute atomic E-state index is 0.0301. The second-order valence-electron chi connectivity index (χ2n) is 5.85. The van der Waals surface area contributed by atoms with Crippen LogP contribution in [-0.2, 0) is 4.79 Å². The zero-order valence-corrected chi connectivity index (χ0v) is 13.5. The Bertz CT molecular complexity index is 636. The molecule has 1 saturated heterocycles. The molecule has 126 valence electrons. The molecule has 2 aliphatic rings. The van der Waals surface area contributed by atoms with Crippen LogP contribution in [0.5, 0.6) is 11.5 Å². The first-order valence-corrected chi connectivity index (χ1v) is 8.17. The van der Waals surface area contributed by atoms with E-state index in [0.717, 1.165) is 6.42 Å². The largest absolute Gasteiger partial charge is 0.485 e. The number of nitrogens with two attached hydrogens (primary N) is 1. The summed E-state index contributed by atoms with van der Waals surface area (Å²) in [6, 6.07) is 19.5. The number of ether oxygens (including phenoxy) is 2. The molecule has 0 aromatic heterocycles. The van der Waals surface area contributed by atoms with Gasteiger partial charge in [0.2, 0.25) is 6.10 Å². The molecular formula is C19H22N2O3. The smallest absolute Gasteiger partial charge is 0.267 e. The molecule has 1 amide bonds. The number of rotatable bonds is 1. The number of amides is 1. The summed E-state index contributed by atoms with van der Waals surface area (Å²) in [6.45, 7) is 1.59. The van der Waals surface area contributed by atoms with E-state index >= 15 is 0 Å². The Morgan fingerprint density at radius 1 is 1.00 bits per heavy atom. The first-order chi connectivity index (χ1) is 11.7. The van der Waals surface area contributed by atoms with Crippen LogP contribution in [0.15, 0.2) is 60.7 Å². The Labute approximate surface area is 142 Å². The number of benzene rings is 2. The number of hydrogen-bond acceptors (Lipinski definition) is 4. The Kier molecular flexibility index (Phi) is 5.33. The van der Waals surface area contributed by atoms with Crippen molar-refractivity contribution in [1.82, 2.24) is 4.90 Å². The van der Waals surface area contributed by atoms with Crippen LogP contribution >= 0.6 is 0 Å². The summed E-state index contributed by atoms with van der Waals surface area (Å²) in [5.74, 6) is 1.29. The van der Waals surface area contributed by atoms with Gasteiger partial charge >= 0.3 is 0 Å². The summed E-state index contributed by atoms with van der Waals surface area (Å²) in [6.07, 6.45) is 0.306. The van der Waals surface area contributed by atoms with Crippen molar-refractivity contribution in [1.29, 1.82) is 0 Å². The molecule has 2 N–H and O–H groups in total. The van der Waals surface area contributed by atoms with E-state index in [0.29, 0.717) is 24.6 Å². The first kappa shape index (κ1) is 16.3. The zero-order valence-electron chi connectivity index (χ0n) is 13.5. The quantitative estimate of drug-likeness (QED) is 0.871. The molecule has 0 aliphatic carbocycles. The molecular weight excluding hydrogens is 304 g/mol. The minimum Gasteiger partial charge on any atom is -0.485 e. The number of hydrogen-bond donors (Lipinski definition) is 1. The van der Waals surface area contributed by atoms with Crippen LogP contribution in [-0.4, -0.2) is 42.6 Å². The van der Waals surface area contributed by atoms with E-state index in [1.165, 1.54) is 0 Å². The third-order valence-electron chi connectivity index (χ3n) is 3.99. The van der Waals surface area contributed by atoms with Gasteiger partial charge in [0, 0.05) is 19.1 Å². The highest BCUT2D eigenvalue weighted by Gasteiger charge is 2.33. The van der Waals surface area contributed by atoms with Gasteiger partial charge in [-0.1, -0.05) is 48.5 Å². The van der Waals surface area contributed by atoms with Gasteiger partial charge in [-0.2, -0.15) is 0 Å². The lowest BCUT2D eigenvalue weighted by atomic mass is 10.2. The highest BCUT2D eigenvalue weighted by molar-refractivity contribution is 5.82. The van der Waals surface area contributed by atoms with Crippen molar-refractivity contribution in [3.05, 3.63) is 60.7 Å². The van der Waals surface area contributed by atoms with Gasteiger partial charge < -0.3 is 20.1 Å². The number of fused-ring (bicyclic) bond motifs is 1. The molecule has 0 radical (unpaired) electrons. The molecule has 2 aromatic carbocycles. The van der Waals surface area contributed by atoms with Crippen LogP contribution in [0, 0.1) is 0 Å². The zero-order chi connectivity index (χ0) is 16.8. The standard InChI is InChI=1S/C13H16N2O3.C6H6/c14-9-5-6-15(7-9)13(16)12-8-17-10-3-1-2-4-11(10)18-12;1-2-4-6-5-3-1/h1-4,9,12H,5-8,14H2;1-6H. The van der Waals surface area contributed by atoms with Gasteiger partial charge in [0.1, 0.15) is 6.61 Å². The topological polar surface area (TPSA) is 64.8 Å². The van der Waals surface area contributed by atoms with Gasteiger partial charge in [-0.15, -0.1) is 0 Å². The normalized spacial score (nSPS) is 21.6. The minimum atomic E-state index is -0.551. The van der Waals surface area contributed by atoms with E-state index in [1.807, 2.05) is 60.7 Å². The number of carbonyl (C=O) groups excluding carboxylic acids is 1. The molecule has 1 fully saturated rings. The van der Waals surface area contributed by atoms with Crippen molar-refractivity contribution in [3.63, 3.8) is 0 Å². The molecule has 2 heterocycles. The molecule has 2 unspecified atom stereocenters. The maximum atomic E-state index is 12.2. The van der Waals surface area contributed by atoms with E-state index in [1.54, 1.807) is 4.90 Å². The van der Waals surface area contributed by atoms with E-state index in [4.69, 9.17) is 15.2 Å². The SMILES string of the molecule is NC1CCN(C(=O)C2COc3ccccc3O2)C1.c1ccccc1. The van der Waals surface area contributed by atoms with Crippen molar-refractivity contribution >= 4 is 5.91 Å². The fourth-order valence-corrected chi connectivity index (χ4v) is 2.72. The maximum Gasteiger partial charge on any atom is 0.267 e. The molecule has 2 atom stereocenters. The third-order valence-corrected chi connectivity index (χ3v) is 3.99. The fourth-order valence-electron chi connectivity index (χ4n) is 2.72. The van der Waals surface area contributed by atoms with Crippen molar-refractivity contribution < 1.29 is 14.3 Å². The summed E-state index contributed by atoms with van der Waals surface area (Å²) in [5.41, 5.74) is 5.80. The van der Waals surface area contributed by atoms with Crippen molar-refractivity contribution in [2.75, 3.05) is 19.7 Å². The molecule has 2 aromatic rings. The first-order valence-electron chi connectivity index (χ1n) is 8.17. The van der Waals surface area contributed by atoms with Crippen molar-refractivity contribution in [2.45, 2.75) is 18.6 Å². The van der Waals surface area contributed by atoms with Gasteiger partial charge in [-0.3, -0.25) is 4.79 Å². The van der Waals surface area contributed by atoms with E-state index in [-0.39, 0.29) is 18.6 Å². The van der Waals surface area contributed by atoms with Crippen LogP contribution < -0.4 is 15.2 Å². The predicted molar refractivity (Wildman–Crippen MR) is 92.0 cm³/mol. The molecule has 2 aliphatic heterocycles. The second-order valence-corrected chi connectivity index (χ2v) is 5.85. The fraction of sp³-hybridized carbons (Fsp3) is 0.316. The number of nitrogens with zero attached hydrogens (tertiary/aromatic N) is 1. The third kappa shape index (κ3) is 4.06. The highest BCUT2D eigenvalue weighted by Crippen LogP contribution is 2.31. The van der Waals surface area contributed by atoms with Gasteiger partial charge in [-0.05, 0) is 18.6 Å². The average molecular weight is 326 g/mol. The van der Waals surface area contributed by atoms with Crippen LogP contribution in [0.25, 0.3) is 0 Å².